The standard InChI is InChI=1S/C14H19NO4/c1-18-12-6-2-5-11(16)13(12)14(17)15-8-10-4-3-7-19-9-10/h2,5-6,10,16H,3-4,7-9H2,1H3,(H,15,17)/t10-/m1/s1. The molecule has 1 heterocycles. The molecule has 19 heavy (non-hydrogen) atoms. The van der Waals surface area contributed by atoms with Gasteiger partial charge < -0.3 is 19.9 Å². The minimum Gasteiger partial charge on any atom is -0.507 e. The second kappa shape index (κ2) is 6.43. The van der Waals surface area contributed by atoms with Crippen molar-refractivity contribution in [1.82, 2.24) is 5.32 Å². The first-order valence-electron chi connectivity index (χ1n) is 6.44. The summed E-state index contributed by atoms with van der Waals surface area (Å²) in [4.78, 5) is 12.1. The minimum absolute atomic E-state index is 0.0725. The highest BCUT2D eigenvalue weighted by molar-refractivity contribution is 5.99. The van der Waals surface area contributed by atoms with E-state index in [1.54, 1.807) is 12.1 Å². The molecule has 5 heteroatoms. The van der Waals surface area contributed by atoms with Crippen LogP contribution in [0, 0.1) is 5.92 Å². The van der Waals surface area contributed by atoms with Crippen LogP contribution < -0.4 is 10.1 Å². The number of ether oxygens (including phenoxy) is 2. The molecule has 0 bridgehead atoms. The zero-order valence-corrected chi connectivity index (χ0v) is 11.0. The van der Waals surface area contributed by atoms with Gasteiger partial charge in [0.25, 0.3) is 5.91 Å². The molecule has 0 aliphatic carbocycles. The molecule has 0 unspecified atom stereocenters. The summed E-state index contributed by atoms with van der Waals surface area (Å²) in [6.45, 7) is 2.03. The van der Waals surface area contributed by atoms with Crippen LogP contribution in [-0.2, 0) is 4.74 Å². The summed E-state index contributed by atoms with van der Waals surface area (Å²) in [5, 5.41) is 12.6. The third-order valence-corrected chi connectivity index (χ3v) is 3.26. The third kappa shape index (κ3) is 3.38. The van der Waals surface area contributed by atoms with E-state index in [4.69, 9.17) is 9.47 Å². The summed E-state index contributed by atoms with van der Waals surface area (Å²) in [6, 6.07) is 4.76. The number of aromatic hydroxyl groups is 1. The van der Waals surface area contributed by atoms with Crippen molar-refractivity contribution in [2.75, 3.05) is 26.9 Å². The van der Waals surface area contributed by atoms with Gasteiger partial charge in [-0.05, 0) is 30.9 Å². The van der Waals surface area contributed by atoms with E-state index in [-0.39, 0.29) is 17.2 Å². The molecule has 5 nitrogen and oxygen atoms in total. The maximum Gasteiger partial charge on any atom is 0.258 e. The maximum absolute atomic E-state index is 12.1. The molecule has 1 atom stereocenters. The summed E-state index contributed by atoms with van der Waals surface area (Å²) in [5.74, 6) is 0.323. The Morgan fingerprint density at radius 2 is 2.42 bits per heavy atom. The lowest BCUT2D eigenvalue weighted by atomic mass is 10.0. The van der Waals surface area contributed by atoms with Gasteiger partial charge in [0.2, 0.25) is 0 Å². The molecule has 0 aromatic heterocycles. The van der Waals surface area contributed by atoms with E-state index in [9.17, 15) is 9.90 Å². The number of methoxy groups -OCH3 is 1. The van der Waals surface area contributed by atoms with Crippen LogP contribution in [0.25, 0.3) is 0 Å². The SMILES string of the molecule is COc1cccc(O)c1C(=O)NC[C@H]1CCCOC1. The van der Waals surface area contributed by atoms with Crippen molar-refractivity contribution in [3.05, 3.63) is 23.8 Å². The van der Waals surface area contributed by atoms with Gasteiger partial charge in [-0.3, -0.25) is 4.79 Å². The fourth-order valence-corrected chi connectivity index (χ4v) is 2.21. The van der Waals surface area contributed by atoms with Crippen LogP contribution in [0.2, 0.25) is 0 Å². The largest absolute Gasteiger partial charge is 0.507 e. The summed E-state index contributed by atoms with van der Waals surface area (Å²) in [7, 11) is 1.47. The van der Waals surface area contributed by atoms with E-state index in [1.165, 1.54) is 13.2 Å². The lowest BCUT2D eigenvalue weighted by Gasteiger charge is -2.22. The molecule has 0 saturated carbocycles. The summed E-state index contributed by atoms with van der Waals surface area (Å²) < 4.78 is 10.5. The number of phenolic OH excluding ortho intramolecular Hbond substituents is 1. The molecular formula is C14H19NO4. The predicted molar refractivity (Wildman–Crippen MR) is 70.5 cm³/mol. The van der Waals surface area contributed by atoms with Crippen LogP contribution in [-0.4, -0.2) is 37.9 Å². The number of hydrogen-bond acceptors (Lipinski definition) is 4. The lowest BCUT2D eigenvalue weighted by Crippen LogP contribution is -2.33. The van der Waals surface area contributed by atoms with Crippen molar-refractivity contribution < 1.29 is 19.4 Å². The van der Waals surface area contributed by atoms with E-state index in [0.717, 1.165) is 19.4 Å². The molecule has 1 aromatic carbocycles. The molecular weight excluding hydrogens is 246 g/mol. The molecule has 1 aliphatic heterocycles. The monoisotopic (exact) mass is 265 g/mol. The molecule has 0 radical (unpaired) electrons. The minimum atomic E-state index is -0.319. The zero-order chi connectivity index (χ0) is 13.7. The fourth-order valence-electron chi connectivity index (χ4n) is 2.21. The predicted octanol–water partition coefficient (Wildman–Crippen LogP) is 1.56. The number of benzene rings is 1. The van der Waals surface area contributed by atoms with Gasteiger partial charge >= 0.3 is 0 Å². The van der Waals surface area contributed by atoms with Crippen molar-refractivity contribution in [2.24, 2.45) is 5.92 Å². The van der Waals surface area contributed by atoms with Gasteiger partial charge in [-0.2, -0.15) is 0 Å². The van der Waals surface area contributed by atoms with Gasteiger partial charge in [0.05, 0.1) is 13.7 Å². The maximum atomic E-state index is 12.1. The molecule has 1 aliphatic rings. The van der Waals surface area contributed by atoms with Crippen LogP contribution in [0.1, 0.15) is 23.2 Å². The Kier molecular flexibility index (Phi) is 4.63. The summed E-state index contributed by atoms with van der Waals surface area (Å²) in [6.07, 6.45) is 2.08. The first-order chi connectivity index (χ1) is 9.22. The highest BCUT2D eigenvalue weighted by atomic mass is 16.5. The highest BCUT2D eigenvalue weighted by Crippen LogP contribution is 2.27. The van der Waals surface area contributed by atoms with E-state index in [1.807, 2.05) is 0 Å². The van der Waals surface area contributed by atoms with Crippen molar-refractivity contribution >= 4 is 5.91 Å². The van der Waals surface area contributed by atoms with E-state index in [0.29, 0.717) is 24.8 Å². The first kappa shape index (κ1) is 13.7. The van der Waals surface area contributed by atoms with Crippen LogP contribution >= 0.6 is 0 Å². The van der Waals surface area contributed by atoms with Crippen LogP contribution in [0.5, 0.6) is 11.5 Å². The van der Waals surface area contributed by atoms with E-state index < -0.39 is 0 Å². The average molecular weight is 265 g/mol. The van der Waals surface area contributed by atoms with Gasteiger partial charge in [0.1, 0.15) is 17.1 Å². The molecule has 104 valence electrons. The van der Waals surface area contributed by atoms with Crippen molar-refractivity contribution in [1.29, 1.82) is 0 Å². The topological polar surface area (TPSA) is 67.8 Å². The van der Waals surface area contributed by atoms with Gasteiger partial charge in [-0.25, -0.2) is 0 Å². The quantitative estimate of drug-likeness (QED) is 0.867. The summed E-state index contributed by atoms with van der Waals surface area (Å²) >= 11 is 0. The molecule has 2 rings (SSSR count). The lowest BCUT2D eigenvalue weighted by molar-refractivity contribution is 0.0536. The van der Waals surface area contributed by atoms with Gasteiger partial charge in [-0.1, -0.05) is 6.07 Å². The normalized spacial score (nSPS) is 18.9. The number of carbonyl (C=O) groups excluding carboxylic acids is 1. The Labute approximate surface area is 112 Å². The molecule has 1 saturated heterocycles. The molecule has 0 spiro atoms. The second-order valence-electron chi connectivity index (χ2n) is 4.65. The summed E-state index contributed by atoms with van der Waals surface area (Å²) in [5.41, 5.74) is 0.182. The molecule has 1 amide bonds. The first-order valence-corrected chi connectivity index (χ1v) is 6.44. The van der Waals surface area contributed by atoms with Crippen LogP contribution in [0.4, 0.5) is 0 Å². The third-order valence-electron chi connectivity index (χ3n) is 3.26. The Morgan fingerprint density at radius 3 is 3.11 bits per heavy atom. The second-order valence-corrected chi connectivity index (χ2v) is 4.65. The zero-order valence-electron chi connectivity index (χ0n) is 11.0. The van der Waals surface area contributed by atoms with Crippen LogP contribution in [0.15, 0.2) is 18.2 Å². The van der Waals surface area contributed by atoms with E-state index in [2.05, 4.69) is 5.32 Å². The number of nitrogens with one attached hydrogen (secondary N) is 1. The van der Waals surface area contributed by atoms with Gasteiger partial charge in [0.15, 0.2) is 0 Å². The van der Waals surface area contributed by atoms with Crippen molar-refractivity contribution in [3.63, 3.8) is 0 Å². The number of amides is 1. The Balaban J connectivity index is 1.99. The number of phenols is 1. The van der Waals surface area contributed by atoms with Crippen molar-refractivity contribution in [2.45, 2.75) is 12.8 Å². The van der Waals surface area contributed by atoms with Gasteiger partial charge in [-0.15, -0.1) is 0 Å². The van der Waals surface area contributed by atoms with Gasteiger partial charge in [0, 0.05) is 13.2 Å². The van der Waals surface area contributed by atoms with Crippen LogP contribution in [0.3, 0.4) is 0 Å². The Hall–Kier alpha value is -1.75. The van der Waals surface area contributed by atoms with E-state index >= 15 is 0 Å². The average Bonchev–Trinajstić information content (AvgIpc) is 2.45. The Morgan fingerprint density at radius 1 is 1.58 bits per heavy atom. The van der Waals surface area contributed by atoms with Crippen molar-refractivity contribution in [3.8, 4) is 11.5 Å². The fraction of sp³-hybridized carbons (Fsp3) is 0.500. The highest BCUT2D eigenvalue weighted by Gasteiger charge is 2.19. The smallest absolute Gasteiger partial charge is 0.258 e. The number of carbonyl (C=O) groups is 1. The molecule has 1 fully saturated rings. The number of rotatable bonds is 4. The Bertz CT molecular complexity index is 441. The molecule has 1 aromatic rings. The number of hydrogen-bond donors (Lipinski definition) is 2. The molecule has 2 N–H and O–H groups in total.